The van der Waals surface area contributed by atoms with Gasteiger partial charge in [-0.1, -0.05) is 23.2 Å². The van der Waals surface area contributed by atoms with Crippen molar-refractivity contribution < 1.29 is 9.53 Å². The second kappa shape index (κ2) is 8.69. The van der Waals surface area contributed by atoms with Crippen molar-refractivity contribution in [3.63, 3.8) is 0 Å². The highest BCUT2D eigenvalue weighted by atomic mass is 79.9. The van der Waals surface area contributed by atoms with Crippen molar-refractivity contribution in [3.05, 3.63) is 50.4 Å². The van der Waals surface area contributed by atoms with Crippen molar-refractivity contribution in [1.29, 1.82) is 0 Å². The number of esters is 1. The molecule has 0 aliphatic rings. The van der Waals surface area contributed by atoms with Crippen LogP contribution >= 0.6 is 50.7 Å². The van der Waals surface area contributed by atoms with Crippen LogP contribution in [0.25, 0.3) is 11.0 Å². The summed E-state index contributed by atoms with van der Waals surface area (Å²) >= 11 is 21.6. The van der Waals surface area contributed by atoms with Crippen LogP contribution in [0.4, 0.5) is 11.6 Å². The van der Waals surface area contributed by atoms with Gasteiger partial charge in [0.1, 0.15) is 5.52 Å². The SMILES string of the molecule is COC(=O)c1ccc(Br)c2nc(Nc3ccc(Cl)cc3Cl)n(CCCCl)c12. The normalized spacial score (nSPS) is 11.0. The van der Waals surface area contributed by atoms with Gasteiger partial charge in [-0.2, -0.15) is 0 Å². The van der Waals surface area contributed by atoms with E-state index in [0.29, 0.717) is 57.1 Å². The molecule has 0 unspecified atom stereocenters. The molecule has 0 aliphatic carbocycles. The number of aryl methyl sites for hydroxylation is 1. The van der Waals surface area contributed by atoms with Crippen molar-refractivity contribution in [2.45, 2.75) is 13.0 Å². The average Bonchev–Trinajstić information content (AvgIpc) is 3.01. The number of rotatable bonds is 6. The number of ether oxygens (including phenoxy) is 1. The van der Waals surface area contributed by atoms with E-state index in [2.05, 4.69) is 26.2 Å². The monoisotopic (exact) mass is 489 g/mol. The van der Waals surface area contributed by atoms with E-state index in [-0.39, 0.29) is 0 Å². The van der Waals surface area contributed by atoms with Crippen LogP contribution in [-0.2, 0) is 11.3 Å². The highest BCUT2D eigenvalue weighted by molar-refractivity contribution is 9.10. The number of hydrogen-bond acceptors (Lipinski definition) is 4. The van der Waals surface area contributed by atoms with Gasteiger partial charge in [0.05, 0.1) is 28.9 Å². The van der Waals surface area contributed by atoms with Crippen molar-refractivity contribution in [2.75, 3.05) is 18.3 Å². The molecule has 1 heterocycles. The number of nitrogens with one attached hydrogen (secondary N) is 1. The molecule has 2 aromatic carbocycles. The second-order valence-corrected chi connectivity index (χ2v) is 7.74. The number of carbonyl (C=O) groups is 1. The molecule has 3 rings (SSSR count). The van der Waals surface area contributed by atoms with E-state index in [4.69, 9.17) is 39.5 Å². The molecule has 0 amide bonds. The lowest BCUT2D eigenvalue weighted by molar-refractivity contribution is 0.0602. The van der Waals surface area contributed by atoms with Crippen molar-refractivity contribution >= 4 is 79.4 Å². The van der Waals surface area contributed by atoms with E-state index >= 15 is 0 Å². The van der Waals surface area contributed by atoms with Gasteiger partial charge in [-0.25, -0.2) is 9.78 Å². The van der Waals surface area contributed by atoms with Gasteiger partial charge in [-0.05, 0) is 52.7 Å². The molecule has 0 radical (unpaired) electrons. The van der Waals surface area contributed by atoms with Gasteiger partial charge in [-0.3, -0.25) is 0 Å². The number of hydrogen-bond donors (Lipinski definition) is 1. The van der Waals surface area contributed by atoms with Crippen LogP contribution in [0.2, 0.25) is 10.0 Å². The minimum absolute atomic E-state index is 0.424. The Morgan fingerprint density at radius 2 is 2.07 bits per heavy atom. The standard InChI is InChI=1S/C18H15BrCl3N3O2/c1-27-17(26)11-4-5-12(19)15-16(11)25(8-2-7-20)18(24-15)23-14-6-3-10(21)9-13(14)22/h3-6,9H,2,7-8H2,1H3,(H,23,24). The molecular weight excluding hydrogens is 476 g/mol. The largest absolute Gasteiger partial charge is 0.465 e. The number of methoxy groups -OCH3 is 1. The van der Waals surface area contributed by atoms with Crippen LogP contribution in [0.5, 0.6) is 0 Å². The molecule has 27 heavy (non-hydrogen) atoms. The summed E-state index contributed by atoms with van der Waals surface area (Å²) in [5.41, 5.74) is 2.38. The van der Waals surface area contributed by atoms with Crippen LogP contribution in [0.3, 0.4) is 0 Å². The van der Waals surface area contributed by atoms with Crippen molar-refractivity contribution in [2.24, 2.45) is 0 Å². The number of benzene rings is 2. The molecular formula is C18H15BrCl3N3O2. The van der Waals surface area contributed by atoms with Crippen LogP contribution in [0.15, 0.2) is 34.8 Å². The number of nitrogens with zero attached hydrogens (tertiary/aromatic N) is 2. The minimum atomic E-state index is -0.435. The van der Waals surface area contributed by atoms with E-state index in [9.17, 15) is 4.79 Å². The number of alkyl halides is 1. The predicted octanol–water partition coefficient (Wildman–Crippen LogP) is 6.26. The summed E-state index contributed by atoms with van der Waals surface area (Å²) in [5.74, 6) is 0.578. The lowest BCUT2D eigenvalue weighted by Gasteiger charge is -2.13. The Bertz CT molecular complexity index is 1010. The zero-order chi connectivity index (χ0) is 19.6. The number of fused-ring (bicyclic) bond motifs is 1. The van der Waals surface area contributed by atoms with Crippen LogP contribution in [0.1, 0.15) is 16.8 Å². The lowest BCUT2D eigenvalue weighted by atomic mass is 10.2. The quantitative estimate of drug-likeness (QED) is 0.326. The Balaban J connectivity index is 2.19. The number of aromatic nitrogens is 2. The molecule has 0 saturated carbocycles. The van der Waals surface area contributed by atoms with Crippen molar-refractivity contribution in [1.82, 2.24) is 9.55 Å². The summed E-state index contributed by atoms with van der Waals surface area (Å²) in [6.45, 7) is 0.563. The van der Waals surface area contributed by atoms with Gasteiger partial charge in [-0.15, -0.1) is 11.6 Å². The Kier molecular flexibility index (Phi) is 6.52. The van der Waals surface area contributed by atoms with Crippen LogP contribution in [0, 0.1) is 0 Å². The summed E-state index contributed by atoms with van der Waals surface area (Å²) in [6.07, 6.45) is 0.698. The average molecular weight is 492 g/mol. The lowest BCUT2D eigenvalue weighted by Crippen LogP contribution is -2.09. The highest BCUT2D eigenvalue weighted by Gasteiger charge is 2.21. The van der Waals surface area contributed by atoms with Gasteiger partial charge in [0.2, 0.25) is 5.95 Å². The topological polar surface area (TPSA) is 56.1 Å². The van der Waals surface area contributed by atoms with Gasteiger partial charge >= 0.3 is 5.97 Å². The Morgan fingerprint density at radius 1 is 1.30 bits per heavy atom. The van der Waals surface area contributed by atoms with E-state index in [1.165, 1.54) is 7.11 Å². The van der Waals surface area contributed by atoms with Gasteiger partial charge in [0.25, 0.3) is 0 Å². The first-order valence-corrected chi connectivity index (χ1v) is 10.1. The predicted molar refractivity (Wildman–Crippen MR) is 114 cm³/mol. The molecule has 3 aromatic rings. The molecule has 0 aliphatic heterocycles. The maximum absolute atomic E-state index is 12.3. The molecule has 9 heteroatoms. The summed E-state index contributed by atoms with van der Waals surface area (Å²) in [5, 5.41) is 4.23. The maximum atomic E-state index is 12.3. The summed E-state index contributed by atoms with van der Waals surface area (Å²) in [7, 11) is 1.35. The van der Waals surface area contributed by atoms with E-state index in [1.54, 1.807) is 30.3 Å². The molecule has 0 saturated heterocycles. The number of anilines is 2. The number of imidazole rings is 1. The van der Waals surface area contributed by atoms with E-state index in [1.807, 2.05) is 4.57 Å². The molecule has 1 aromatic heterocycles. The third-order valence-corrected chi connectivity index (χ3v) is 5.40. The fourth-order valence-electron chi connectivity index (χ4n) is 2.72. The van der Waals surface area contributed by atoms with Crippen LogP contribution in [-0.4, -0.2) is 28.5 Å². The fraction of sp³-hybridized carbons (Fsp3) is 0.222. The molecule has 142 valence electrons. The van der Waals surface area contributed by atoms with Crippen LogP contribution < -0.4 is 5.32 Å². The second-order valence-electron chi connectivity index (χ2n) is 5.66. The molecule has 0 spiro atoms. The van der Waals surface area contributed by atoms with Crippen molar-refractivity contribution in [3.8, 4) is 0 Å². The maximum Gasteiger partial charge on any atom is 0.340 e. The Morgan fingerprint density at radius 3 is 2.74 bits per heavy atom. The molecule has 0 atom stereocenters. The first kappa shape index (κ1) is 20.3. The smallest absolute Gasteiger partial charge is 0.340 e. The zero-order valence-electron chi connectivity index (χ0n) is 14.2. The summed E-state index contributed by atoms with van der Waals surface area (Å²) in [6, 6.07) is 8.62. The molecule has 0 fully saturated rings. The molecule has 0 bridgehead atoms. The third kappa shape index (κ3) is 4.19. The third-order valence-electron chi connectivity index (χ3n) is 3.94. The zero-order valence-corrected chi connectivity index (χ0v) is 18.1. The van der Waals surface area contributed by atoms with E-state index < -0.39 is 5.97 Å². The first-order valence-electron chi connectivity index (χ1n) is 8.01. The Hall–Kier alpha value is -1.47. The Labute approximate surface area is 179 Å². The molecule has 1 N–H and O–H groups in total. The van der Waals surface area contributed by atoms with Gasteiger partial charge < -0.3 is 14.6 Å². The van der Waals surface area contributed by atoms with E-state index in [0.717, 1.165) is 4.47 Å². The van der Waals surface area contributed by atoms with Gasteiger partial charge in [0, 0.05) is 21.9 Å². The number of carbonyl (C=O) groups excluding carboxylic acids is 1. The molecule has 5 nitrogen and oxygen atoms in total. The summed E-state index contributed by atoms with van der Waals surface area (Å²) < 4.78 is 7.59. The number of halogens is 4. The minimum Gasteiger partial charge on any atom is -0.465 e. The summed E-state index contributed by atoms with van der Waals surface area (Å²) in [4.78, 5) is 16.9. The first-order chi connectivity index (χ1) is 13.0. The highest BCUT2D eigenvalue weighted by Crippen LogP contribution is 2.33. The fourth-order valence-corrected chi connectivity index (χ4v) is 3.71. The van der Waals surface area contributed by atoms with Gasteiger partial charge in [0.15, 0.2) is 0 Å².